The lowest BCUT2D eigenvalue weighted by Crippen LogP contribution is -2.45. The third-order valence-corrected chi connectivity index (χ3v) is 5.60. The zero-order chi connectivity index (χ0) is 20.2. The molecule has 7 heteroatoms. The minimum absolute atomic E-state index is 0.0533. The van der Waals surface area contributed by atoms with Crippen molar-refractivity contribution in [2.75, 3.05) is 24.6 Å². The molecule has 0 aliphatic carbocycles. The van der Waals surface area contributed by atoms with Crippen LogP contribution >= 0.6 is 15.9 Å². The van der Waals surface area contributed by atoms with E-state index in [-0.39, 0.29) is 30.2 Å². The molecule has 2 aromatic carbocycles. The summed E-state index contributed by atoms with van der Waals surface area (Å²) in [5.74, 6) is 0.123. The number of nitrogens with zero attached hydrogens (tertiary/aromatic N) is 1. The lowest BCUT2D eigenvalue weighted by Gasteiger charge is -2.30. The zero-order valence-electron chi connectivity index (χ0n) is 15.8. The fourth-order valence-corrected chi connectivity index (χ4v) is 3.78. The van der Waals surface area contributed by atoms with Crippen molar-refractivity contribution in [2.24, 2.45) is 0 Å². The Hall–Kier alpha value is -2.64. The average Bonchev–Trinajstić information content (AvgIpc) is 3.25. The molecule has 1 saturated heterocycles. The van der Waals surface area contributed by atoms with Crippen molar-refractivity contribution in [2.45, 2.75) is 18.9 Å². The predicted molar refractivity (Wildman–Crippen MR) is 114 cm³/mol. The van der Waals surface area contributed by atoms with Crippen LogP contribution in [-0.2, 0) is 14.3 Å². The van der Waals surface area contributed by atoms with Gasteiger partial charge >= 0.3 is 0 Å². The van der Waals surface area contributed by atoms with Crippen LogP contribution in [0.2, 0.25) is 0 Å². The second-order valence-corrected chi connectivity index (χ2v) is 7.78. The highest BCUT2D eigenvalue weighted by Gasteiger charge is 2.31. The van der Waals surface area contributed by atoms with Gasteiger partial charge in [0.25, 0.3) is 5.91 Å². The van der Waals surface area contributed by atoms with Crippen LogP contribution in [0.1, 0.15) is 18.4 Å². The predicted octanol–water partition coefficient (Wildman–Crippen LogP) is 3.51. The Morgan fingerprint density at radius 3 is 2.79 bits per heavy atom. The summed E-state index contributed by atoms with van der Waals surface area (Å²) < 4.78 is 12.2. The largest absolute Gasteiger partial charge is 0.449 e. The molecule has 0 aromatic heterocycles. The first kappa shape index (κ1) is 19.7. The lowest BCUT2D eigenvalue weighted by atomic mass is 10.1. The number of para-hydroxylation sites is 2. The first-order chi connectivity index (χ1) is 14.1. The van der Waals surface area contributed by atoms with E-state index in [1.165, 1.54) is 4.90 Å². The van der Waals surface area contributed by atoms with Gasteiger partial charge in [0.15, 0.2) is 11.5 Å². The van der Waals surface area contributed by atoms with E-state index < -0.39 is 0 Å². The number of amides is 2. The monoisotopic (exact) mass is 456 g/mol. The van der Waals surface area contributed by atoms with Crippen LogP contribution in [0, 0.1) is 0 Å². The summed E-state index contributed by atoms with van der Waals surface area (Å²) >= 11 is 3.48. The molecule has 2 aromatic rings. The third kappa shape index (κ3) is 4.52. The number of carbonyl (C=O) groups is 2. The molecule has 2 aliphatic heterocycles. The van der Waals surface area contributed by atoms with Gasteiger partial charge in [0.2, 0.25) is 5.91 Å². The van der Waals surface area contributed by atoms with E-state index in [0.717, 1.165) is 29.5 Å². The maximum absolute atomic E-state index is 13.1. The van der Waals surface area contributed by atoms with Gasteiger partial charge in [-0.25, -0.2) is 0 Å². The summed E-state index contributed by atoms with van der Waals surface area (Å²) in [6.45, 7) is 1.11. The number of nitrogens with one attached hydrogen (secondary N) is 1. The Bertz CT molecular complexity index is 953. The van der Waals surface area contributed by atoms with Crippen molar-refractivity contribution in [3.8, 4) is 5.75 Å². The molecule has 2 aliphatic rings. The van der Waals surface area contributed by atoms with Crippen LogP contribution in [0.3, 0.4) is 0 Å². The van der Waals surface area contributed by atoms with E-state index >= 15 is 0 Å². The van der Waals surface area contributed by atoms with Gasteiger partial charge in [-0.1, -0.05) is 46.3 Å². The topological polar surface area (TPSA) is 67.9 Å². The summed E-state index contributed by atoms with van der Waals surface area (Å²) in [7, 11) is 0. The Balaban J connectivity index is 1.55. The van der Waals surface area contributed by atoms with Gasteiger partial charge in [-0.05, 0) is 42.7 Å². The second-order valence-electron chi connectivity index (χ2n) is 6.93. The highest BCUT2D eigenvalue weighted by molar-refractivity contribution is 9.10. The molecule has 0 radical (unpaired) electrons. The van der Waals surface area contributed by atoms with E-state index in [2.05, 4.69) is 21.2 Å². The number of hydrogen-bond donors (Lipinski definition) is 1. The van der Waals surface area contributed by atoms with Gasteiger partial charge in [0.05, 0.1) is 11.8 Å². The van der Waals surface area contributed by atoms with E-state index in [9.17, 15) is 9.59 Å². The van der Waals surface area contributed by atoms with Crippen LogP contribution in [0.4, 0.5) is 5.69 Å². The third-order valence-electron chi connectivity index (χ3n) is 4.88. The molecule has 150 valence electrons. The van der Waals surface area contributed by atoms with Crippen molar-refractivity contribution in [3.63, 3.8) is 0 Å². The molecule has 2 amide bonds. The van der Waals surface area contributed by atoms with E-state index in [1.54, 1.807) is 18.2 Å². The van der Waals surface area contributed by atoms with Crippen LogP contribution in [0.15, 0.2) is 58.8 Å². The summed E-state index contributed by atoms with van der Waals surface area (Å²) in [5.41, 5.74) is 1.40. The lowest BCUT2D eigenvalue weighted by molar-refractivity contribution is -0.123. The number of halogens is 1. The zero-order valence-corrected chi connectivity index (χ0v) is 17.4. The fourth-order valence-electron chi connectivity index (χ4n) is 3.39. The van der Waals surface area contributed by atoms with E-state index in [1.807, 2.05) is 36.4 Å². The van der Waals surface area contributed by atoms with Gasteiger partial charge in [-0.2, -0.15) is 0 Å². The molecular weight excluding hydrogens is 436 g/mol. The summed E-state index contributed by atoms with van der Waals surface area (Å²) in [4.78, 5) is 27.1. The number of benzene rings is 2. The molecule has 1 N–H and O–H groups in total. The number of anilines is 1. The Morgan fingerprint density at radius 1 is 1.21 bits per heavy atom. The number of carbonyl (C=O) groups excluding carboxylic acids is 2. The maximum atomic E-state index is 13.1. The minimum Gasteiger partial charge on any atom is -0.449 e. The van der Waals surface area contributed by atoms with Gasteiger partial charge < -0.3 is 14.8 Å². The van der Waals surface area contributed by atoms with E-state index in [4.69, 9.17) is 9.47 Å². The van der Waals surface area contributed by atoms with Crippen molar-refractivity contribution < 1.29 is 19.1 Å². The highest BCUT2D eigenvalue weighted by Crippen LogP contribution is 2.35. The standard InChI is InChI=1S/C22H21BrN2O4/c23-17-8-2-1-6-15(17)12-20-22(27)25(18-9-3-4-10-19(18)29-20)14-21(26)24-13-16-7-5-11-28-16/h1-4,6,8-10,12,16H,5,7,11,13-14H2,(H,24,26)/b20-12+/t16-/m1/s1. The summed E-state index contributed by atoms with van der Waals surface area (Å²) in [5, 5.41) is 2.87. The normalized spacial score (nSPS) is 19.8. The average molecular weight is 457 g/mol. The molecule has 29 heavy (non-hydrogen) atoms. The van der Waals surface area contributed by atoms with Gasteiger partial charge in [-0.15, -0.1) is 0 Å². The van der Waals surface area contributed by atoms with Crippen LogP contribution in [-0.4, -0.2) is 37.6 Å². The molecule has 0 saturated carbocycles. The van der Waals surface area contributed by atoms with Crippen LogP contribution < -0.4 is 15.0 Å². The Morgan fingerprint density at radius 2 is 2.00 bits per heavy atom. The highest BCUT2D eigenvalue weighted by atomic mass is 79.9. The summed E-state index contributed by atoms with van der Waals surface area (Å²) in [6, 6.07) is 14.8. The molecule has 2 heterocycles. The molecule has 0 unspecified atom stereocenters. The molecule has 1 atom stereocenters. The second kappa shape index (κ2) is 8.80. The maximum Gasteiger partial charge on any atom is 0.294 e. The molecular formula is C22H21BrN2O4. The molecule has 1 fully saturated rings. The van der Waals surface area contributed by atoms with Crippen molar-refractivity contribution in [1.29, 1.82) is 0 Å². The minimum atomic E-state index is -0.355. The number of fused-ring (bicyclic) bond motifs is 1. The SMILES string of the molecule is O=C(CN1C(=O)/C(=C\c2ccccc2Br)Oc2ccccc21)NC[C@H]1CCCO1. The Kier molecular flexibility index (Phi) is 5.97. The van der Waals surface area contributed by atoms with Gasteiger partial charge in [0, 0.05) is 17.6 Å². The van der Waals surface area contributed by atoms with E-state index in [0.29, 0.717) is 18.0 Å². The first-order valence-electron chi connectivity index (χ1n) is 9.55. The fraction of sp³-hybridized carbons (Fsp3) is 0.273. The van der Waals surface area contributed by atoms with Crippen molar-refractivity contribution in [3.05, 3.63) is 64.3 Å². The van der Waals surface area contributed by atoms with Crippen molar-refractivity contribution in [1.82, 2.24) is 5.32 Å². The quantitative estimate of drug-likeness (QED) is 0.698. The molecule has 4 rings (SSSR count). The molecule has 0 spiro atoms. The van der Waals surface area contributed by atoms with Crippen LogP contribution in [0.5, 0.6) is 5.75 Å². The summed E-state index contributed by atoms with van der Waals surface area (Å²) in [6.07, 6.45) is 3.69. The van der Waals surface area contributed by atoms with Crippen LogP contribution in [0.25, 0.3) is 6.08 Å². The Labute approximate surface area is 177 Å². The smallest absolute Gasteiger partial charge is 0.294 e. The van der Waals surface area contributed by atoms with Gasteiger partial charge in [-0.3, -0.25) is 14.5 Å². The number of hydrogen-bond acceptors (Lipinski definition) is 4. The van der Waals surface area contributed by atoms with Crippen molar-refractivity contribution >= 4 is 39.5 Å². The molecule has 6 nitrogen and oxygen atoms in total. The number of rotatable bonds is 5. The first-order valence-corrected chi connectivity index (χ1v) is 10.3. The molecule has 0 bridgehead atoms. The number of ether oxygens (including phenoxy) is 2. The van der Waals surface area contributed by atoms with Gasteiger partial charge in [0.1, 0.15) is 6.54 Å².